The van der Waals surface area contributed by atoms with E-state index in [1.807, 2.05) is 12.1 Å². The molecular formula is C19H18Cl2N2O3. The molecule has 0 spiro atoms. The van der Waals surface area contributed by atoms with Gasteiger partial charge >= 0.3 is 0 Å². The van der Waals surface area contributed by atoms with Crippen LogP contribution in [-0.4, -0.2) is 25.0 Å². The van der Waals surface area contributed by atoms with E-state index in [2.05, 4.69) is 10.6 Å². The lowest BCUT2D eigenvalue weighted by Gasteiger charge is -2.13. The number of hydrogen-bond donors (Lipinski definition) is 2. The molecule has 2 aromatic carbocycles. The van der Waals surface area contributed by atoms with Crippen LogP contribution in [0.5, 0.6) is 5.75 Å². The Hall–Kier alpha value is -2.50. The van der Waals surface area contributed by atoms with Crippen molar-refractivity contribution in [3.05, 3.63) is 64.1 Å². The maximum Gasteiger partial charge on any atom is 0.246 e. The van der Waals surface area contributed by atoms with Crippen LogP contribution in [0.2, 0.25) is 10.0 Å². The third-order valence-electron chi connectivity index (χ3n) is 3.48. The number of carbonyl (C=O) groups excluding carboxylic acids is 2. The molecule has 136 valence electrons. The number of rotatable bonds is 6. The van der Waals surface area contributed by atoms with Crippen molar-refractivity contribution in [3.8, 4) is 5.75 Å². The summed E-state index contributed by atoms with van der Waals surface area (Å²) in [6, 6.07) is 11.3. The number of carbonyl (C=O) groups is 2. The molecule has 1 unspecified atom stereocenters. The van der Waals surface area contributed by atoms with Gasteiger partial charge in [0.2, 0.25) is 11.8 Å². The van der Waals surface area contributed by atoms with Gasteiger partial charge in [-0.15, -0.1) is 0 Å². The molecule has 0 aliphatic rings. The summed E-state index contributed by atoms with van der Waals surface area (Å²) in [6.45, 7) is 1.59. The second kappa shape index (κ2) is 9.27. The van der Waals surface area contributed by atoms with Crippen molar-refractivity contribution in [2.75, 3.05) is 12.4 Å². The molecule has 0 saturated heterocycles. The van der Waals surface area contributed by atoms with E-state index in [9.17, 15) is 9.59 Å². The van der Waals surface area contributed by atoms with Crippen molar-refractivity contribution in [2.45, 2.75) is 13.0 Å². The molecule has 0 saturated carbocycles. The van der Waals surface area contributed by atoms with Crippen LogP contribution in [0.1, 0.15) is 12.5 Å². The van der Waals surface area contributed by atoms with Gasteiger partial charge in [-0.2, -0.15) is 0 Å². The van der Waals surface area contributed by atoms with Crippen LogP contribution >= 0.6 is 23.2 Å². The van der Waals surface area contributed by atoms with Gasteiger partial charge in [0.25, 0.3) is 0 Å². The van der Waals surface area contributed by atoms with Gasteiger partial charge < -0.3 is 15.4 Å². The minimum Gasteiger partial charge on any atom is -0.497 e. The lowest BCUT2D eigenvalue weighted by atomic mass is 10.2. The fourth-order valence-corrected chi connectivity index (χ4v) is 2.34. The van der Waals surface area contributed by atoms with Crippen LogP contribution in [0.15, 0.2) is 48.5 Å². The predicted octanol–water partition coefficient (Wildman–Crippen LogP) is 4.16. The number of hydrogen-bond acceptors (Lipinski definition) is 3. The van der Waals surface area contributed by atoms with E-state index in [4.69, 9.17) is 27.9 Å². The Bertz CT molecular complexity index is 820. The molecule has 5 nitrogen and oxygen atoms in total. The largest absolute Gasteiger partial charge is 0.497 e. The molecule has 2 N–H and O–H groups in total. The molecule has 7 heteroatoms. The molecule has 2 rings (SSSR count). The number of amides is 2. The van der Waals surface area contributed by atoms with Crippen LogP contribution in [0.3, 0.4) is 0 Å². The summed E-state index contributed by atoms with van der Waals surface area (Å²) in [7, 11) is 1.59. The lowest BCUT2D eigenvalue weighted by Crippen LogP contribution is -2.40. The summed E-state index contributed by atoms with van der Waals surface area (Å²) >= 11 is 11.7. The number of nitrogens with one attached hydrogen (secondary N) is 2. The molecule has 0 radical (unpaired) electrons. The maximum atomic E-state index is 12.1. The van der Waals surface area contributed by atoms with Gasteiger partial charge in [-0.05, 0) is 48.9 Å². The highest BCUT2D eigenvalue weighted by molar-refractivity contribution is 6.42. The number of anilines is 1. The van der Waals surface area contributed by atoms with E-state index in [0.717, 1.165) is 11.3 Å². The molecule has 2 amide bonds. The van der Waals surface area contributed by atoms with Crippen molar-refractivity contribution in [2.24, 2.45) is 0 Å². The zero-order valence-corrected chi connectivity index (χ0v) is 15.8. The van der Waals surface area contributed by atoms with Crippen molar-refractivity contribution >= 4 is 46.8 Å². The van der Waals surface area contributed by atoms with E-state index in [0.29, 0.717) is 15.7 Å². The number of ether oxygens (including phenoxy) is 1. The van der Waals surface area contributed by atoms with Crippen LogP contribution in [0.4, 0.5) is 5.69 Å². The monoisotopic (exact) mass is 392 g/mol. The molecule has 0 aliphatic heterocycles. The van der Waals surface area contributed by atoms with Gasteiger partial charge in [-0.25, -0.2) is 0 Å². The number of halogens is 2. The predicted molar refractivity (Wildman–Crippen MR) is 105 cm³/mol. The standard InChI is InChI=1S/C19H18Cl2N2O3/c1-12(19(25)23-14-6-9-16(20)17(21)11-14)22-18(24)10-5-13-3-7-15(26-2)8-4-13/h3-12H,1-2H3,(H,22,24)(H,23,25)/b10-5+. The Labute approximate surface area is 161 Å². The molecule has 0 aromatic heterocycles. The average molecular weight is 393 g/mol. The van der Waals surface area contributed by atoms with Crippen LogP contribution in [0.25, 0.3) is 6.08 Å². The fraction of sp³-hybridized carbons (Fsp3) is 0.158. The summed E-state index contributed by atoms with van der Waals surface area (Å²) in [5, 5.41) is 6.00. The Morgan fingerprint density at radius 3 is 2.38 bits per heavy atom. The van der Waals surface area contributed by atoms with Gasteiger partial charge in [0.05, 0.1) is 17.2 Å². The SMILES string of the molecule is COc1ccc(/C=C/C(=O)NC(C)C(=O)Nc2ccc(Cl)c(Cl)c2)cc1. The van der Waals surface area contributed by atoms with Gasteiger partial charge in [0.1, 0.15) is 11.8 Å². The van der Waals surface area contributed by atoms with E-state index < -0.39 is 6.04 Å². The topological polar surface area (TPSA) is 67.4 Å². The number of methoxy groups -OCH3 is 1. The van der Waals surface area contributed by atoms with Gasteiger partial charge in [-0.3, -0.25) is 9.59 Å². The van der Waals surface area contributed by atoms with Gasteiger partial charge in [-0.1, -0.05) is 35.3 Å². The molecule has 0 fully saturated rings. The lowest BCUT2D eigenvalue weighted by molar-refractivity contribution is -0.123. The van der Waals surface area contributed by atoms with E-state index >= 15 is 0 Å². The molecule has 0 heterocycles. The molecular weight excluding hydrogens is 375 g/mol. The molecule has 26 heavy (non-hydrogen) atoms. The highest BCUT2D eigenvalue weighted by Gasteiger charge is 2.14. The zero-order valence-electron chi connectivity index (χ0n) is 14.3. The summed E-state index contributed by atoms with van der Waals surface area (Å²) in [5.74, 6) is -0.00797. The quantitative estimate of drug-likeness (QED) is 0.725. The minimum absolute atomic E-state index is 0.337. The smallest absolute Gasteiger partial charge is 0.246 e. The Balaban J connectivity index is 1.89. The summed E-state index contributed by atoms with van der Waals surface area (Å²) in [6.07, 6.45) is 3.02. The third kappa shape index (κ3) is 5.79. The third-order valence-corrected chi connectivity index (χ3v) is 4.22. The molecule has 2 aromatic rings. The minimum atomic E-state index is -0.725. The Morgan fingerprint density at radius 2 is 1.77 bits per heavy atom. The van der Waals surface area contributed by atoms with Crippen LogP contribution in [-0.2, 0) is 9.59 Å². The Kier molecular flexibility index (Phi) is 7.06. The second-order valence-corrected chi connectivity index (χ2v) is 6.27. The first-order chi connectivity index (χ1) is 12.4. The molecule has 0 bridgehead atoms. The summed E-state index contributed by atoms with van der Waals surface area (Å²) in [4.78, 5) is 24.1. The first kappa shape index (κ1) is 19.8. The first-order valence-electron chi connectivity index (χ1n) is 7.77. The van der Waals surface area contributed by atoms with E-state index in [-0.39, 0.29) is 11.8 Å². The van der Waals surface area contributed by atoms with Crippen molar-refractivity contribution in [3.63, 3.8) is 0 Å². The molecule has 0 aliphatic carbocycles. The normalized spacial score (nSPS) is 11.8. The fourth-order valence-electron chi connectivity index (χ4n) is 2.04. The van der Waals surface area contributed by atoms with Crippen LogP contribution in [0, 0.1) is 0 Å². The Morgan fingerprint density at radius 1 is 1.08 bits per heavy atom. The van der Waals surface area contributed by atoms with Crippen molar-refractivity contribution in [1.82, 2.24) is 5.32 Å². The summed E-state index contributed by atoms with van der Waals surface area (Å²) < 4.78 is 5.07. The van der Waals surface area contributed by atoms with Crippen LogP contribution < -0.4 is 15.4 Å². The van der Waals surface area contributed by atoms with Crippen molar-refractivity contribution in [1.29, 1.82) is 0 Å². The maximum absolute atomic E-state index is 12.1. The molecule has 1 atom stereocenters. The van der Waals surface area contributed by atoms with Gasteiger partial charge in [0, 0.05) is 11.8 Å². The highest BCUT2D eigenvalue weighted by Crippen LogP contribution is 2.25. The number of benzene rings is 2. The zero-order chi connectivity index (χ0) is 19.1. The average Bonchev–Trinajstić information content (AvgIpc) is 2.63. The summed E-state index contributed by atoms with van der Waals surface area (Å²) in [5.41, 5.74) is 1.34. The van der Waals surface area contributed by atoms with E-state index in [1.165, 1.54) is 6.08 Å². The highest BCUT2D eigenvalue weighted by atomic mass is 35.5. The van der Waals surface area contributed by atoms with E-state index in [1.54, 1.807) is 50.4 Å². The van der Waals surface area contributed by atoms with Crippen molar-refractivity contribution < 1.29 is 14.3 Å². The first-order valence-corrected chi connectivity index (χ1v) is 8.53. The van der Waals surface area contributed by atoms with Gasteiger partial charge in [0.15, 0.2) is 0 Å². The second-order valence-electron chi connectivity index (χ2n) is 5.45.